The minimum absolute atomic E-state index is 0.319. The van der Waals surface area contributed by atoms with Crippen LogP contribution in [0.15, 0.2) is 55.1 Å². The maximum Gasteiger partial charge on any atom is 0.410 e. The van der Waals surface area contributed by atoms with Crippen LogP contribution in [-0.2, 0) is 17.9 Å². The van der Waals surface area contributed by atoms with Crippen LogP contribution in [0.1, 0.15) is 44.4 Å². The third-order valence-corrected chi connectivity index (χ3v) is 3.88. The number of nitrogens with zero attached hydrogens (tertiary/aromatic N) is 1. The molecule has 0 fully saturated rings. The summed E-state index contributed by atoms with van der Waals surface area (Å²) in [4.78, 5) is 14.1. The Morgan fingerprint density at radius 2 is 1.81 bits per heavy atom. The van der Waals surface area contributed by atoms with Crippen LogP contribution in [0.3, 0.4) is 0 Å². The van der Waals surface area contributed by atoms with Gasteiger partial charge < -0.3 is 14.4 Å². The van der Waals surface area contributed by atoms with Crippen molar-refractivity contribution < 1.29 is 14.3 Å². The van der Waals surface area contributed by atoms with E-state index in [1.54, 1.807) is 11.0 Å². The van der Waals surface area contributed by atoms with Gasteiger partial charge in [0.25, 0.3) is 0 Å². The van der Waals surface area contributed by atoms with Crippen molar-refractivity contribution in [2.45, 2.75) is 46.4 Å². The van der Waals surface area contributed by atoms with E-state index in [0.717, 1.165) is 22.4 Å². The molecule has 4 heteroatoms. The zero-order valence-electron chi connectivity index (χ0n) is 16.7. The van der Waals surface area contributed by atoms with Crippen LogP contribution in [-0.4, -0.2) is 23.1 Å². The summed E-state index contributed by atoms with van der Waals surface area (Å²) in [5.41, 5.74) is 2.52. The molecule has 27 heavy (non-hydrogen) atoms. The normalized spacial score (nSPS) is 11.0. The van der Waals surface area contributed by atoms with Gasteiger partial charge in [-0.05, 0) is 62.6 Å². The number of carbonyl (C=O) groups excluding carboxylic acids is 1. The summed E-state index contributed by atoms with van der Waals surface area (Å²) in [6.45, 7) is 12.9. The number of ether oxygens (including phenoxy) is 2. The quantitative estimate of drug-likeness (QED) is 0.633. The molecule has 2 aromatic rings. The maximum atomic E-state index is 12.4. The van der Waals surface area contributed by atoms with Gasteiger partial charge in [0.05, 0.1) is 0 Å². The molecule has 0 atom stereocenters. The van der Waals surface area contributed by atoms with Gasteiger partial charge in [0.15, 0.2) is 0 Å². The van der Waals surface area contributed by atoms with Gasteiger partial charge in [-0.2, -0.15) is 0 Å². The van der Waals surface area contributed by atoms with Gasteiger partial charge in [0.1, 0.15) is 18.0 Å². The van der Waals surface area contributed by atoms with Crippen LogP contribution in [0.25, 0.3) is 6.08 Å². The Morgan fingerprint density at radius 1 is 1.11 bits per heavy atom. The fourth-order valence-corrected chi connectivity index (χ4v) is 2.57. The second-order valence-corrected chi connectivity index (χ2v) is 7.38. The topological polar surface area (TPSA) is 38.8 Å². The van der Waals surface area contributed by atoms with Gasteiger partial charge in [0.2, 0.25) is 0 Å². The molecule has 0 aliphatic heterocycles. The molecule has 0 bridgehead atoms. The van der Waals surface area contributed by atoms with E-state index in [1.807, 2.05) is 76.2 Å². The highest BCUT2D eigenvalue weighted by molar-refractivity contribution is 5.68. The summed E-state index contributed by atoms with van der Waals surface area (Å²) in [7, 11) is 0. The van der Waals surface area contributed by atoms with E-state index in [0.29, 0.717) is 19.7 Å². The van der Waals surface area contributed by atoms with Crippen LogP contribution in [0, 0.1) is 0 Å². The lowest BCUT2D eigenvalue weighted by molar-refractivity contribution is 0.0244. The Bertz CT molecular complexity index is 763. The van der Waals surface area contributed by atoms with Gasteiger partial charge in [0, 0.05) is 13.1 Å². The van der Waals surface area contributed by atoms with E-state index >= 15 is 0 Å². The number of hydrogen-bond acceptors (Lipinski definition) is 3. The highest BCUT2D eigenvalue weighted by atomic mass is 16.6. The molecule has 0 aliphatic rings. The minimum atomic E-state index is -0.516. The van der Waals surface area contributed by atoms with Gasteiger partial charge in [-0.25, -0.2) is 4.79 Å². The molecule has 0 unspecified atom stereocenters. The first-order valence-corrected chi connectivity index (χ1v) is 9.22. The SMILES string of the molecule is C=Cc1cc(CN(CC)C(=O)OC(C)(C)C)cc(OCc2ccccc2)c1. The molecule has 4 nitrogen and oxygen atoms in total. The van der Waals surface area contributed by atoms with E-state index in [-0.39, 0.29) is 6.09 Å². The molecule has 0 saturated heterocycles. The number of carbonyl (C=O) groups is 1. The molecule has 0 N–H and O–H groups in total. The molecule has 2 aromatic carbocycles. The maximum absolute atomic E-state index is 12.4. The summed E-state index contributed by atoms with van der Waals surface area (Å²) in [5.74, 6) is 0.756. The van der Waals surface area contributed by atoms with E-state index in [2.05, 4.69) is 6.58 Å². The second kappa shape index (κ2) is 9.26. The van der Waals surface area contributed by atoms with Crippen molar-refractivity contribution in [1.29, 1.82) is 0 Å². The number of rotatable bonds is 7. The van der Waals surface area contributed by atoms with Crippen molar-refractivity contribution in [1.82, 2.24) is 4.90 Å². The van der Waals surface area contributed by atoms with Crippen LogP contribution in [0.4, 0.5) is 4.79 Å². The summed E-state index contributed by atoms with van der Waals surface area (Å²) < 4.78 is 11.4. The highest BCUT2D eigenvalue weighted by Crippen LogP contribution is 2.21. The molecule has 0 aromatic heterocycles. The molecular weight excluding hydrogens is 338 g/mol. The zero-order valence-corrected chi connectivity index (χ0v) is 16.7. The first-order chi connectivity index (χ1) is 12.8. The number of benzene rings is 2. The summed E-state index contributed by atoms with van der Waals surface area (Å²) in [6.07, 6.45) is 1.46. The molecular formula is C23H29NO3. The standard InChI is InChI=1S/C23H29NO3/c1-6-18-13-20(16-24(7-2)22(25)27-23(3,4)5)15-21(14-18)26-17-19-11-9-8-10-12-19/h6,8-15H,1,7,16-17H2,2-5H3. The molecule has 144 valence electrons. The summed E-state index contributed by atoms with van der Waals surface area (Å²) >= 11 is 0. The number of amides is 1. The molecule has 2 rings (SSSR count). The lowest BCUT2D eigenvalue weighted by atomic mass is 10.1. The molecule has 1 amide bonds. The van der Waals surface area contributed by atoms with E-state index in [4.69, 9.17) is 9.47 Å². The van der Waals surface area contributed by atoms with Gasteiger partial charge in [-0.15, -0.1) is 0 Å². The fraction of sp³-hybridized carbons (Fsp3) is 0.348. The van der Waals surface area contributed by atoms with E-state index < -0.39 is 5.60 Å². The molecule has 0 saturated carbocycles. The Hall–Kier alpha value is -2.75. The smallest absolute Gasteiger partial charge is 0.410 e. The third kappa shape index (κ3) is 6.81. The fourth-order valence-electron chi connectivity index (χ4n) is 2.57. The van der Waals surface area contributed by atoms with Crippen molar-refractivity contribution in [2.24, 2.45) is 0 Å². The molecule has 0 spiro atoms. The van der Waals surface area contributed by atoms with Crippen molar-refractivity contribution >= 4 is 12.2 Å². The number of hydrogen-bond donors (Lipinski definition) is 0. The Labute approximate surface area is 162 Å². The Kier molecular flexibility index (Phi) is 7.05. The van der Waals surface area contributed by atoms with Crippen molar-refractivity contribution in [3.05, 3.63) is 71.8 Å². The summed E-state index contributed by atoms with van der Waals surface area (Å²) in [5, 5.41) is 0. The molecule has 0 aliphatic carbocycles. The van der Waals surface area contributed by atoms with Crippen LogP contribution >= 0.6 is 0 Å². The lowest BCUT2D eigenvalue weighted by Gasteiger charge is -2.26. The molecule has 0 heterocycles. The monoisotopic (exact) mass is 367 g/mol. The zero-order chi connectivity index (χ0) is 19.9. The first-order valence-electron chi connectivity index (χ1n) is 9.22. The predicted octanol–water partition coefficient (Wildman–Crippen LogP) is 5.67. The van der Waals surface area contributed by atoms with Crippen molar-refractivity contribution in [3.63, 3.8) is 0 Å². The molecule has 0 radical (unpaired) electrons. The van der Waals surface area contributed by atoms with Crippen LogP contribution in [0.2, 0.25) is 0 Å². The second-order valence-electron chi connectivity index (χ2n) is 7.38. The van der Waals surface area contributed by atoms with Gasteiger partial charge in [-0.1, -0.05) is 43.0 Å². The minimum Gasteiger partial charge on any atom is -0.489 e. The van der Waals surface area contributed by atoms with Crippen LogP contribution < -0.4 is 4.74 Å². The largest absolute Gasteiger partial charge is 0.489 e. The van der Waals surface area contributed by atoms with Crippen LogP contribution in [0.5, 0.6) is 5.75 Å². The predicted molar refractivity (Wildman–Crippen MR) is 110 cm³/mol. The lowest BCUT2D eigenvalue weighted by Crippen LogP contribution is -2.36. The average Bonchev–Trinajstić information content (AvgIpc) is 2.63. The van der Waals surface area contributed by atoms with Crippen molar-refractivity contribution in [2.75, 3.05) is 6.54 Å². The van der Waals surface area contributed by atoms with E-state index in [9.17, 15) is 4.79 Å². The third-order valence-electron chi connectivity index (χ3n) is 3.88. The first kappa shape index (κ1) is 20.6. The van der Waals surface area contributed by atoms with Gasteiger partial charge >= 0.3 is 6.09 Å². The Morgan fingerprint density at radius 3 is 2.41 bits per heavy atom. The summed E-state index contributed by atoms with van der Waals surface area (Å²) in [6, 6.07) is 15.9. The highest BCUT2D eigenvalue weighted by Gasteiger charge is 2.21. The van der Waals surface area contributed by atoms with E-state index in [1.165, 1.54) is 0 Å². The Balaban J connectivity index is 2.13. The van der Waals surface area contributed by atoms with Gasteiger partial charge in [-0.3, -0.25) is 0 Å². The van der Waals surface area contributed by atoms with Crippen molar-refractivity contribution in [3.8, 4) is 5.75 Å². The average molecular weight is 367 g/mol.